The number of thiazole rings is 1. The molecule has 2 aromatic heterocycles. The molecule has 5 rings (SSSR count). The maximum absolute atomic E-state index is 14.2. The molecule has 1 fully saturated rings. The van der Waals surface area contributed by atoms with Gasteiger partial charge in [0, 0.05) is 24.8 Å². The molecule has 1 saturated heterocycles. The van der Waals surface area contributed by atoms with Gasteiger partial charge in [-0.05, 0) is 31.2 Å². The van der Waals surface area contributed by atoms with Crippen LogP contribution in [0.1, 0.15) is 5.82 Å². The largest absolute Gasteiger partial charge is 0.378 e. The van der Waals surface area contributed by atoms with Crippen LogP contribution in [0.5, 0.6) is 0 Å². The van der Waals surface area contributed by atoms with Gasteiger partial charge in [-0.1, -0.05) is 41.1 Å². The first-order valence-corrected chi connectivity index (χ1v) is 13.8. The predicted molar refractivity (Wildman–Crippen MR) is 139 cm³/mol. The molecule has 2 aromatic carbocycles. The lowest BCUT2D eigenvalue weighted by Gasteiger charge is -2.26. The number of rotatable bonds is 6. The van der Waals surface area contributed by atoms with Gasteiger partial charge in [-0.15, -0.1) is 0 Å². The summed E-state index contributed by atoms with van der Waals surface area (Å²) in [7, 11) is -4.62. The van der Waals surface area contributed by atoms with Gasteiger partial charge in [0.25, 0.3) is 10.0 Å². The molecule has 13 heteroatoms. The summed E-state index contributed by atoms with van der Waals surface area (Å²) >= 11 is 8.11. The van der Waals surface area contributed by atoms with Crippen molar-refractivity contribution >= 4 is 43.8 Å². The molecule has 3 heterocycles. The second kappa shape index (κ2) is 10.3. The van der Waals surface area contributed by atoms with Crippen LogP contribution in [0.4, 0.5) is 19.6 Å². The highest BCUT2D eigenvalue weighted by Gasteiger charge is 2.27. The average Bonchev–Trinajstić information content (AvgIpc) is 3.31. The number of nitrogens with one attached hydrogen (secondary N) is 1. The summed E-state index contributed by atoms with van der Waals surface area (Å²) in [6.45, 7) is 4.24. The van der Waals surface area contributed by atoms with E-state index in [1.807, 2.05) is 0 Å². The molecule has 0 spiro atoms. The molecule has 0 unspecified atom stereocenters. The molecule has 37 heavy (non-hydrogen) atoms. The van der Waals surface area contributed by atoms with E-state index in [2.05, 4.69) is 19.6 Å². The zero-order valence-electron chi connectivity index (χ0n) is 19.4. The highest BCUT2D eigenvalue weighted by Crippen LogP contribution is 2.44. The van der Waals surface area contributed by atoms with Crippen molar-refractivity contribution in [3.63, 3.8) is 0 Å². The van der Waals surface area contributed by atoms with Crippen LogP contribution >= 0.6 is 22.9 Å². The van der Waals surface area contributed by atoms with Crippen molar-refractivity contribution in [1.82, 2.24) is 15.0 Å². The Morgan fingerprint density at radius 1 is 1.05 bits per heavy atom. The van der Waals surface area contributed by atoms with Gasteiger partial charge in [-0.3, -0.25) is 4.72 Å². The average molecular weight is 564 g/mol. The van der Waals surface area contributed by atoms with Crippen LogP contribution in [-0.2, 0) is 14.8 Å². The first kappa shape index (κ1) is 25.5. The summed E-state index contributed by atoms with van der Waals surface area (Å²) in [5.41, 5.74) is 1.51. The molecule has 0 atom stereocenters. The first-order chi connectivity index (χ1) is 17.7. The van der Waals surface area contributed by atoms with Gasteiger partial charge in [-0.25, -0.2) is 32.2 Å². The summed E-state index contributed by atoms with van der Waals surface area (Å²) in [6, 6.07) is 9.27. The number of hydrogen-bond donors (Lipinski definition) is 1. The number of halogens is 3. The second-order valence-electron chi connectivity index (χ2n) is 8.09. The summed E-state index contributed by atoms with van der Waals surface area (Å²) in [4.78, 5) is 15.3. The lowest BCUT2D eigenvalue weighted by Crippen LogP contribution is -2.36. The molecular formula is C24H20ClF2N5O3S2. The first-order valence-electron chi connectivity index (χ1n) is 11.1. The van der Waals surface area contributed by atoms with Gasteiger partial charge >= 0.3 is 0 Å². The molecule has 8 nitrogen and oxygen atoms in total. The van der Waals surface area contributed by atoms with Gasteiger partial charge in [0.2, 0.25) is 0 Å². The molecule has 0 bridgehead atoms. The lowest BCUT2D eigenvalue weighted by atomic mass is 10.1. The SMILES string of the molecule is Cc1nccc(-c2sc(N3CCOCC3)nc2-c2cccc(NS(=O)(=O)c3c(F)cccc3F)c2Cl)n1. The predicted octanol–water partition coefficient (Wildman–Crippen LogP) is 5.14. The number of hydrogen-bond acceptors (Lipinski definition) is 8. The third kappa shape index (κ3) is 5.14. The number of aromatic nitrogens is 3. The molecule has 1 N–H and O–H groups in total. The molecule has 4 aromatic rings. The third-order valence-corrected chi connectivity index (χ3v) is 8.55. The van der Waals surface area contributed by atoms with E-state index >= 15 is 0 Å². The van der Waals surface area contributed by atoms with Crippen LogP contribution in [-0.4, -0.2) is 49.7 Å². The van der Waals surface area contributed by atoms with Crippen LogP contribution in [0.25, 0.3) is 21.8 Å². The second-order valence-corrected chi connectivity index (χ2v) is 11.1. The maximum Gasteiger partial charge on any atom is 0.267 e. The Labute approximate surface area is 221 Å². The minimum Gasteiger partial charge on any atom is -0.378 e. The van der Waals surface area contributed by atoms with Crippen molar-refractivity contribution < 1.29 is 21.9 Å². The number of anilines is 2. The smallest absolute Gasteiger partial charge is 0.267 e. The van der Waals surface area contributed by atoms with Gasteiger partial charge in [0.1, 0.15) is 17.5 Å². The van der Waals surface area contributed by atoms with Crippen molar-refractivity contribution in [2.45, 2.75) is 11.8 Å². The number of ether oxygens (including phenoxy) is 1. The van der Waals surface area contributed by atoms with E-state index in [0.29, 0.717) is 54.0 Å². The topological polar surface area (TPSA) is 97.3 Å². The molecule has 0 saturated carbocycles. The Morgan fingerprint density at radius 3 is 2.46 bits per heavy atom. The zero-order valence-corrected chi connectivity index (χ0v) is 21.8. The van der Waals surface area contributed by atoms with Crippen LogP contribution in [0.2, 0.25) is 5.02 Å². The van der Waals surface area contributed by atoms with Crippen molar-refractivity contribution in [2.24, 2.45) is 0 Å². The summed E-state index contributed by atoms with van der Waals surface area (Å²) in [5.74, 6) is -1.85. The Morgan fingerprint density at radius 2 is 1.76 bits per heavy atom. The summed E-state index contributed by atoms with van der Waals surface area (Å²) in [6.07, 6.45) is 1.64. The van der Waals surface area contributed by atoms with Crippen molar-refractivity contribution in [3.8, 4) is 21.8 Å². The maximum atomic E-state index is 14.2. The molecule has 0 radical (unpaired) electrons. The zero-order chi connectivity index (χ0) is 26.2. The van der Waals surface area contributed by atoms with E-state index in [-0.39, 0.29) is 10.7 Å². The Balaban J connectivity index is 1.60. The van der Waals surface area contributed by atoms with Crippen LogP contribution in [0.3, 0.4) is 0 Å². The van der Waals surface area contributed by atoms with Crippen LogP contribution in [0, 0.1) is 18.6 Å². The fraction of sp³-hybridized carbons (Fsp3) is 0.208. The van der Waals surface area contributed by atoms with Crippen molar-refractivity contribution in [1.29, 1.82) is 0 Å². The highest BCUT2D eigenvalue weighted by molar-refractivity contribution is 7.92. The normalized spacial score (nSPS) is 14.1. The lowest BCUT2D eigenvalue weighted by molar-refractivity contribution is 0.122. The molecule has 1 aliphatic heterocycles. The van der Waals surface area contributed by atoms with E-state index in [4.69, 9.17) is 21.3 Å². The van der Waals surface area contributed by atoms with E-state index in [0.717, 1.165) is 23.3 Å². The number of morpholine rings is 1. The van der Waals surface area contributed by atoms with E-state index in [1.54, 1.807) is 31.3 Å². The van der Waals surface area contributed by atoms with Crippen molar-refractivity contribution in [2.75, 3.05) is 35.9 Å². The number of aryl methyl sites for hydroxylation is 1. The van der Waals surface area contributed by atoms with Gasteiger partial charge in [0.05, 0.1) is 40.2 Å². The fourth-order valence-electron chi connectivity index (χ4n) is 3.87. The quantitative estimate of drug-likeness (QED) is 0.347. The van der Waals surface area contributed by atoms with Crippen molar-refractivity contribution in [3.05, 3.63) is 71.1 Å². The highest BCUT2D eigenvalue weighted by atomic mass is 35.5. The monoisotopic (exact) mass is 563 g/mol. The summed E-state index contributed by atoms with van der Waals surface area (Å²) in [5, 5.41) is 0.758. The van der Waals surface area contributed by atoms with Crippen LogP contribution in [0.15, 0.2) is 53.6 Å². The molecule has 192 valence electrons. The van der Waals surface area contributed by atoms with E-state index < -0.39 is 26.6 Å². The molecular weight excluding hydrogens is 544 g/mol. The molecule has 1 aliphatic rings. The Kier molecular flexibility index (Phi) is 7.08. The van der Waals surface area contributed by atoms with Crippen LogP contribution < -0.4 is 9.62 Å². The Bertz CT molecular complexity index is 1560. The van der Waals surface area contributed by atoms with E-state index in [9.17, 15) is 17.2 Å². The minimum atomic E-state index is -4.62. The molecule has 0 amide bonds. The Hall–Kier alpha value is -3.19. The van der Waals surface area contributed by atoms with Gasteiger partial charge in [0.15, 0.2) is 10.0 Å². The number of sulfonamides is 1. The van der Waals surface area contributed by atoms with Gasteiger partial charge < -0.3 is 9.64 Å². The standard InChI is InChI=1S/C24H20ClF2N5O3S2/c1-14-28-9-8-19(29-14)22-21(30-24(36-22)32-10-12-35-13-11-32)15-4-2-7-18(20(15)25)31-37(33,34)23-16(26)5-3-6-17(23)27/h2-9,31H,10-13H2,1H3. The third-order valence-electron chi connectivity index (χ3n) is 5.59. The number of benzene rings is 2. The van der Waals surface area contributed by atoms with E-state index in [1.165, 1.54) is 17.4 Å². The minimum absolute atomic E-state index is 0.0219. The fourth-order valence-corrected chi connectivity index (χ4v) is 6.50. The van der Waals surface area contributed by atoms with Gasteiger partial charge in [-0.2, -0.15) is 0 Å². The summed E-state index contributed by atoms with van der Waals surface area (Å²) < 4.78 is 61.9. The molecule has 0 aliphatic carbocycles. The number of nitrogens with zero attached hydrogens (tertiary/aromatic N) is 4.